The van der Waals surface area contributed by atoms with Crippen LogP contribution in [-0.4, -0.2) is 67.8 Å². The summed E-state index contributed by atoms with van der Waals surface area (Å²) < 4.78 is 0. The molecule has 0 saturated carbocycles. The smallest absolute Gasteiger partial charge is 0.223 e. The van der Waals surface area contributed by atoms with E-state index in [2.05, 4.69) is 17.1 Å². The molecule has 22 heavy (non-hydrogen) atoms. The molecule has 1 saturated heterocycles. The van der Waals surface area contributed by atoms with Crippen LogP contribution < -0.4 is 0 Å². The summed E-state index contributed by atoms with van der Waals surface area (Å²) >= 11 is 0. The van der Waals surface area contributed by atoms with Crippen LogP contribution in [0.15, 0.2) is 35.3 Å². The normalized spacial score (nSPS) is 17.5. The molecule has 0 spiro atoms. The molecule has 2 rings (SSSR count). The highest BCUT2D eigenvalue weighted by Gasteiger charge is 2.29. The first kappa shape index (κ1) is 16.3. The minimum atomic E-state index is 0.236. The number of carbonyl (C=O) groups excluding carboxylic acids is 1. The third-order valence-electron chi connectivity index (χ3n) is 3.80. The number of aliphatic imine (C=N–C) groups is 1. The quantitative estimate of drug-likeness (QED) is 0.625. The summed E-state index contributed by atoms with van der Waals surface area (Å²) in [6.45, 7) is 2.20. The number of rotatable bonds is 4. The molecule has 1 aliphatic rings. The monoisotopic (exact) mass is 302 g/mol. The Bertz CT molecular complexity index is 515. The zero-order chi connectivity index (χ0) is 16.1. The van der Waals surface area contributed by atoms with Crippen LogP contribution in [0.4, 0.5) is 0 Å². The molecule has 0 radical (unpaired) electrons. The van der Waals surface area contributed by atoms with E-state index in [-0.39, 0.29) is 5.91 Å². The van der Waals surface area contributed by atoms with E-state index in [9.17, 15) is 4.79 Å². The SMILES string of the molecule is CN(C)C(=NC[C@@H]1CC(=O)N(Cc2ccccc2)C1)N(C)C. The van der Waals surface area contributed by atoms with Crippen LogP contribution in [0.3, 0.4) is 0 Å². The predicted molar refractivity (Wildman–Crippen MR) is 89.6 cm³/mol. The summed E-state index contributed by atoms with van der Waals surface area (Å²) in [6, 6.07) is 10.1. The summed E-state index contributed by atoms with van der Waals surface area (Å²) in [5.41, 5.74) is 1.18. The Morgan fingerprint density at radius 3 is 2.41 bits per heavy atom. The second kappa shape index (κ2) is 7.29. The van der Waals surface area contributed by atoms with Gasteiger partial charge < -0.3 is 14.7 Å². The van der Waals surface area contributed by atoms with Crippen molar-refractivity contribution in [3.8, 4) is 0 Å². The molecule has 1 heterocycles. The van der Waals surface area contributed by atoms with E-state index in [0.29, 0.717) is 25.4 Å². The minimum absolute atomic E-state index is 0.236. The lowest BCUT2D eigenvalue weighted by atomic mass is 10.1. The van der Waals surface area contributed by atoms with Gasteiger partial charge in [0.05, 0.1) is 0 Å². The maximum Gasteiger partial charge on any atom is 0.223 e. The van der Waals surface area contributed by atoms with E-state index < -0.39 is 0 Å². The minimum Gasteiger partial charge on any atom is -0.349 e. The highest BCUT2D eigenvalue weighted by molar-refractivity contribution is 5.80. The third-order valence-corrected chi connectivity index (χ3v) is 3.80. The van der Waals surface area contributed by atoms with E-state index >= 15 is 0 Å². The van der Waals surface area contributed by atoms with Gasteiger partial charge in [0.15, 0.2) is 5.96 Å². The van der Waals surface area contributed by atoms with Crippen LogP contribution >= 0.6 is 0 Å². The Balaban J connectivity index is 1.93. The summed E-state index contributed by atoms with van der Waals surface area (Å²) in [5.74, 6) is 1.49. The molecule has 5 nitrogen and oxygen atoms in total. The number of carbonyl (C=O) groups is 1. The van der Waals surface area contributed by atoms with Crippen molar-refractivity contribution in [2.45, 2.75) is 13.0 Å². The van der Waals surface area contributed by atoms with Gasteiger partial charge in [-0.2, -0.15) is 0 Å². The van der Waals surface area contributed by atoms with Crippen molar-refractivity contribution in [3.63, 3.8) is 0 Å². The Hall–Kier alpha value is -2.04. The third kappa shape index (κ3) is 4.23. The molecule has 0 aliphatic carbocycles. The van der Waals surface area contributed by atoms with Crippen molar-refractivity contribution in [2.24, 2.45) is 10.9 Å². The number of likely N-dealkylation sites (tertiary alicyclic amines) is 1. The molecule has 1 aromatic rings. The molecule has 0 N–H and O–H groups in total. The lowest BCUT2D eigenvalue weighted by Crippen LogP contribution is -2.36. The molecule has 1 aromatic carbocycles. The summed E-state index contributed by atoms with van der Waals surface area (Å²) in [4.78, 5) is 22.8. The van der Waals surface area contributed by atoms with Gasteiger partial charge in [-0.25, -0.2) is 0 Å². The summed E-state index contributed by atoms with van der Waals surface area (Å²) in [7, 11) is 7.95. The fourth-order valence-electron chi connectivity index (χ4n) is 2.83. The van der Waals surface area contributed by atoms with Crippen LogP contribution in [0.1, 0.15) is 12.0 Å². The fourth-order valence-corrected chi connectivity index (χ4v) is 2.83. The van der Waals surface area contributed by atoms with Crippen LogP contribution in [0.2, 0.25) is 0 Å². The molecule has 1 atom stereocenters. The zero-order valence-corrected chi connectivity index (χ0v) is 14.0. The fraction of sp³-hybridized carbons (Fsp3) is 0.529. The van der Waals surface area contributed by atoms with E-state index in [4.69, 9.17) is 0 Å². The summed E-state index contributed by atoms with van der Waals surface area (Å²) in [5, 5.41) is 0. The Morgan fingerprint density at radius 2 is 1.82 bits per heavy atom. The molecule has 120 valence electrons. The molecule has 0 bridgehead atoms. The maximum atomic E-state index is 12.2. The Morgan fingerprint density at radius 1 is 1.18 bits per heavy atom. The highest BCUT2D eigenvalue weighted by atomic mass is 16.2. The first-order valence-corrected chi connectivity index (χ1v) is 7.68. The van der Waals surface area contributed by atoms with Crippen LogP contribution in [0.5, 0.6) is 0 Å². The number of hydrogen-bond donors (Lipinski definition) is 0. The molecule has 5 heteroatoms. The van der Waals surface area contributed by atoms with Crippen molar-refractivity contribution in [3.05, 3.63) is 35.9 Å². The average molecular weight is 302 g/mol. The molecule has 1 fully saturated rings. The molecule has 0 aromatic heterocycles. The van der Waals surface area contributed by atoms with Gasteiger partial charge in [0, 0.05) is 60.2 Å². The number of hydrogen-bond acceptors (Lipinski definition) is 2. The molecular formula is C17H26N4O. The number of nitrogens with zero attached hydrogens (tertiary/aromatic N) is 4. The average Bonchev–Trinajstić information content (AvgIpc) is 2.79. The zero-order valence-electron chi connectivity index (χ0n) is 14.0. The van der Waals surface area contributed by atoms with Crippen molar-refractivity contribution in [1.29, 1.82) is 0 Å². The van der Waals surface area contributed by atoms with Gasteiger partial charge in [-0.05, 0) is 5.56 Å². The van der Waals surface area contributed by atoms with Crippen LogP contribution in [0.25, 0.3) is 0 Å². The number of guanidine groups is 1. The largest absolute Gasteiger partial charge is 0.349 e. The Kier molecular flexibility index (Phi) is 5.41. The standard InChI is InChI=1S/C17H26N4O/c1-19(2)17(20(3)4)18-11-15-10-16(22)21(13-15)12-14-8-6-5-7-9-14/h5-9,15H,10-13H2,1-4H3/t15-/m0/s1. The molecule has 0 unspecified atom stereocenters. The van der Waals surface area contributed by atoms with Gasteiger partial charge >= 0.3 is 0 Å². The molecule has 1 aliphatic heterocycles. The predicted octanol–water partition coefficient (Wildman–Crippen LogP) is 1.51. The van der Waals surface area contributed by atoms with Gasteiger partial charge in [0.1, 0.15) is 0 Å². The number of amides is 1. The second-order valence-electron chi connectivity index (χ2n) is 6.26. The first-order chi connectivity index (χ1) is 10.5. The van der Waals surface area contributed by atoms with Crippen molar-refractivity contribution in [1.82, 2.24) is 14.7 Å². The lowest BCUT2D eigenvalue weighted by molar-refractivity contribution is -0.128. The van der Waals surface area contributed by atoms with Crippen molar-refractivity contribution < 1.29 is 4.79 Å². The van der Waals surface area contributed by atoms with Crippen molar-refractivity contribution >= 4 is 11.9 Å². The van der Waals surface area contributed by atoms with E-state index in [0.717, 1.165) is 12.5 Å². The number of benzene rings is 1. The maximum absolute atomic E-state index is 12.2. The first-order valence-electron chi connectivity index (χ1n) is 7.68. The van der Waals surface area contributed by atoms with Gasteiger partial charge in [-0.1, -0.05) is 30.3 Å². The van der Waals surface area contributed by atoms with Crippen LogP contribution in [0, 0.1) is 5.92 Å². The highest BCUT2D eigenvalue weighted by Crippen LogP contribution is 2.20. The van der Waals surface area contributed by atoms with E-state index in [1.54, 1.807) is 0 Å². The molecular weight excluding hydrogens is 276 g/mol. The summed E-state index contributed by atoms with van der Waals surface area (Å²) in [6.07, 6.45) is 0.602. The van der Waals surface area contributed by atoms with Gasteiger partial charge in [-0.3, -0.25) is 9.79 Å². The molecule has 1 amide bonds. The second-order valence-corrected chi connectivity index (χ2v) is 6.26. The Labute approximate surface area is 133 Å². The van der Waals surface area contributed by atoms with Gasteiger partial charge in [0.2, 0.25) is 5.91 Å². The van der Waals surface area contributed by atoms with Crippen molar-refractivity contribution in [2.75, 3.05) is 41.3 Å². The van der Waals surface area contributed by atoms with E-state index in [1.807, 2.05) is 61.1 Å². The van der Waals surface area contributed by atoms with Crippen LogP contribution in [-0.2, 0) is 11.3 Å². The van der Waals surface area contributed by atoms with E-state index in [1.165, 1.54) is 5.56 Å². The lowest BCUT2D eigenvalue weighted by Gasteiger charge is -2.23. The van der Waals surface area contributed by atoms with Gasteiger partial charge in [0.25, 0.3) is 0 Å². The van der Waals surface area contributed by atoms with Gasteiger partial charge in [-0.15, -0.1) is 0 Å². The topological polar surface area (TPSA) is 39.2 Å².